The maximum Gasteiger partial charge on any atom is 0.260 e. The normalized spacial score (nSPS) is 14.6. The van der Waals surface area contributed by atoms with Crippen LogP contribution >= 0.6 is 0 Å². The Morgan fingerprint density at radius 2 is 1.55 bits per heavy atom. The van der Waals surface area contributed by atoms with Crippen LogP contribution < -0.4 is 10.2 Å². The van der Waals surface area contributed by atoms with Crippen LogP contribution in [0.1, 0.15) is 22.9 Å². The molecule has 0 atom stereocenters. The number of ether oxygens (including phenoxy) is 1. The zero-order valence-corrected chi connectivity index (χ0v) is 17.7. The van der Waals surface area contributed by atoms with Gasteiger partial charge in [-0.05, 0) is 18.1 Å². The van der Waals surface area contributed by atoms with Crippen molar-refractivity contribution >= 4 is 5.91 Å². The van der Waals surface area contributed by atoms with Gasteiger partial charge in [-0.3, -0.25) is 14.5 Å². The molecule has 1 aromatic heterocycles. The first kappa shape index (κ1) is 20.9. The fourth-order valence-corrected chi connectivity index (χ4v) is 4.02. The van der Waals surface area contributed by atoms with Gasteiger partial charge in [-0.15, -0.1) is 0 Å². The highest BCUT2D eigenvalue weighted by Crippen LogP contribution is 2.29. The van der Waals surface area contributed by atoms with Gasteiger partial charge in [0.2, 0.25) is 5.43 Å². The maximum absolute atomic E-state index is 12.6. The molecule has 1 aliphatic rings. The molecule has 1 amide bonds. The molecule has 2 heterocycles. The zero-order valence-electron chi connectivity index (χ0n) is 17.7. The van der Waals surface area contributed by atoms with E-state index >= 15 is 0 Å². The molecular formula is C25H27N3O3. The number of pyridine rings is 1. The number of carbonyl (C=O) groups excluding carboxylic acids is 1. The smallest absolute Gasteiger partial charge is 0.260 e. The number of rotatable bonds is 6. The predicted molar refractivity (Wildman–Crippen MR) is 120 cm³/mol. The topological polar surface area (TPSA) is 65.6 Å². The fraction of sp³-hybridized carbons (Fsp3) is 0.280. The van der Waals surface area contributed by atoms with Crippen molar-refractivity contribution in [2.75, 3.05) is 32.8 Å². The summed E-state index contributed by atoms with van der Waals surface area (Å²) in [5, 5.41) is 0. The Morgan fingerprint density at radius 3 is 2.10 bits per heavy atom. The van der Waals surface area contributed by atoms with E-state index in [2.05, 4.69) is 58.4 Å². The van der Waals surface area contributed by atoms with Gasteiger partial charge >= 0.3 is 0 Å². The third-order valence-corrected chi connectivity index (χ3v) is 5.64. The Balaban J connectivity index is 1.39. The minimum Gasteiger partial charge on any atom is -0.478 e. The van der Waals surface area contributed by atoms with Crippen molar-refractivity contribution in [3.8, 4) is 5.75 Å². The molecule has 0 aliphatic carbocycles. The highest BCUT2D eigenvalue weighted by atomic mass is 16.5. The standard InChI is InChI=1S/C25H27N3O3/c1-19-16-22(29)23(17-26-19)31-18-24(30)27-12-14-28(15-13-27)25(20-8-4-2-5-9-20)21-10-6-3-7-11-21/h2-11,16-17,25H,12-15,18H2,1H3,(H,26,29). The second-order valence-corrected chi connectivity index (χ2v) is 7.77. The Labute approximate surface area is 182 Å². The van der Waals surface area contributed by atoms with E-state index in [1.165, 1.54) is 23.4 Å². The molecule has 6 heteroatoms. The molecule has 1 fully saturated rings. The molecule has 0 saturated carbocycles. The van der Waals surface area contributed by atoms with Crippen LogP contribution in [-0.2, 0) is 4.79 Å². The van der Waals surface area contributed by atoms with Gasteiger partial charge < -0.3 is 14.6 Å². The molecule has 3 aromatic rings. The number of piperazine rings is 1. The number of nitrogens with one attached hydrogen (secondary N) is 1. The largest absolute Gasteiger partial charge is 0.478 e. The van der Waals surface area contributed by atoms with Gasteiger partial charge in [0.15, 0.2) is 12.4 Å². The predicted octanol–water partition coefficient (Wildman–Crippen LogP) is 3.00. The maximum atomic E-state index is 12.6. The molecule has 31 heavy (non-hydrogen) atoms. The highest BCUT2D eigenvalue weighted by Gasteiger charge is 2.28. The van der Waals surface area contributed by atoms with Crippen molar-refractivity contribution in [1.29, 1.82) is 0 Å². The summed E-state index contributed by atoms with van der Waals surface area (Å²) >= 11 is 0. The minimum absolute atomic E-state index is 0.101. The molecule has 0 bridgehead atoms. The van der Waals surface area contributed by atoms with Gasteiger partial charge in [0.25, 0.3) is 5.91 Å². The quantitative estimate of drug-likeness (QED) is 0.670. The number of H-pyrrole nitrogens is 1. The number of hydrogen-bond donors (Lipinski definition) is 1. The summed E-state index contributed by atoms with van der Waals surface area (Å²) in [6, 6.07) is 22.6. The number of benzene rings is 2. The number of hydrogen-bond acceptors (Lipinski definition) is 4. The average molecular weight is 418 g/mol. The zero-order chi connectivity index (χ0) is 21.6. The summed E-state index contributed by atoms with van der Waals surface area (Å²) < 4.78 is 5.47. The molecule has 0 spiro atoms. The van der Waals surface area contributed by atoms with Gasteiger partial charge in [-0.25, -0.2) is 0 Å². The first-order valence-electron chi connectivity index (χ1n) is 10.6. The van der Waals surface area contributed by atoms with Crippen LogP contribution in [0, 0.1) is 6.92 Å². The van der Waals surface area contributed by atoms with Gasteiger partial charge in [0, 0.05) is 44.1 Å². The Hall–Kier alpha value is -3.38. The summed E-state index contributed by atoms with van der Waals surface area (Å²) in [5.41, 5.74) is 3.03. The lowest BCUT2D eigenvalue weighted by atomic mass is 9.96. The summed E-state index contributed by atoms with van der Waals surface area (Å²) in [6.07, 6.45) is 1.51. The van der Waals surface area contributed by atoms with Crippen LogP contribution in [0.5, 0.6) is 5.75 Å². The van der Waals surface area contributed by atoms with E-state index in [-0.39, 0.29) is 29.7 Å². The van der Waals surface area contributed by atoms with Crippen molar-refractivity contribution in [2.24, 2.45) is 0 Å². The van der Waals surface area contributed by atoms with E-state index in [9.17, 15) is 9.59 Å². The molecule has 6 nitrogen and oxygen atoms in total. The summed E-state index contributed by atoms with van der Waals surface area (Å²) in [6.45, 7) is 4.46. The monoisotopic (exact) mass is 417 g/mol. The Morgan fingerprint density at radius 1 is 0.968 bits per heavy atom. The molecule has 0 radical (unpaired) electrons. The van der Waals surface area contributed by atoms with Crippen molar-refractivity contribution in [3.63, 3.8) is 0 Å². The van der Waals surface area contributed by atoms with E-state index in [0.29, 0.717) is 13.1 Å². The minimum atomic E-state index is -0.220. The average Bonchev–Trinajstić information content (AvgIpc) is 2.80. The van der Waals surface area contributed by atoms with Crippen LogP contribution in [0.4, 0.5) is 0 Å². The first-order chi connectivity index (χ1) is 15.1. The van der Waals surface area contributed by atoms with Crippen LogP contribution in [0.3, 0.4) is 0 Å². The Bertz CT molecular complexity index is 1020. The molecule has 4 rings (SSSR count). The van der Waals surface area contributed by atoms with Crippen LogP contribution in [0.15, 0.2) is 77.7 Å². The number of aromatic nitrogens is 1. The first-order valence-corrected chi connectivity index (χ1v) is 10.6. The second kappa shape index (κ2) is 9.62. The van der Waals surface area contributed by atoms with Crippen LogP contribution in [-0.4, -0.2) is 53.5 Å². The second-order valence-electron chi connectivity index (χ2n) is 7.77. The lowest BCUT2D eigenvalue weighted by Crippen LogP contribution is -2.51. The summed E-state index contributed by atoms with van der Waals surface area (Å²) in [4.78, 5) is 31.7. The van der Waals surface area contributed by atoms with E-state index in [4.69, 9.17) is 4.74 Å². The lowest BCUT2D eigenvalue weighted by Gasteiger charge is -2.39. The highest BCUT2D eigenvalue weighted by molar-refractivity contribution is 5.77. The molecule has 1 aliphatic heterocycles. The summed E-state index contributed by atoms with van der Waals surface area (Å²) in [7, 11) is 0. The molecule has 0 unspecified atom stereocenters. The van der Waals surface area contributed by atoms with Crippen molar-refractivity contribution in [3.05, 3.63) is 100.0 Å². The molecular weight excluding hydrogens is 390 g/mol. The van der Waals surface area contributed by atoms with Gasteiger partial charge in [0.1, 0.15) is 0 Å². The van der Waals surface area contributed by atoms with Crippen LogP contribution in [0.25, 0.3) is 0 Å². The number of carbonyl (C=O) groups is 1. The van der Waals surface area contributed by atoms with Crippen molar-refractivity contribution < 1.29 is 9.53 Å². The van der Waals surface area contributed by atoms with Crippen molar-refractivity contribution in [1.82, 2.24) is 14.8 Å². The van der Waals surface area contributed by atoms with Gasteiger partial charge in [-0.2, -0.15) is 0 Å². The fourth-order valence-electron chi connectivity index (χ4n) is 4.02. The molecule has 160 valence electrons. The van der Waals surface area contributed by atoms with E-state index < -0.39 is 0 Å². The third-order valence-electron chi connectivity index (χ3n) is 5.64. The number of nitrogens with zero attached hydrogens (tertiary/aromatic N) is 2. The Kier molecular flexibility index (Phi) is 6.48. The van der Waals surface area contributed by atoms with E-state index in [1.807, 2.05) is 17.0 Å². The number of aryl methyl sites for hydroxylation is 1. The van der Waals surface area contributed by atoms with Gasteiger partial charge in [-0.1, -0.05) is 60.7 Å². The number of amides is 1. The van der Waals surface area contributed by atoms with E-state index in [1.54, 1.807) is 6.92 Å². The third kappa shape index (κ3) is 5.03. The number of aromatic amines is 1. The van der Waals surface area contributed by atoms with Crippen molar-refractivity contribution in [2.45, 2.75) is 13.0 Å². The molecule has 1 N–H and O–H groups in total. The SMILES string of the molecule is Cc1cc(=O)c(OCC(=O)N2CCN(C(c3ccccc3)c3ccccc3)CC2)c[nH]1. The summed E-state index contributed by atoms with van der Waals surface area (Å²) in [5.74, 6) is 0.0707. The van der Waals surface area contributed by atoms with Gasteiger partial charge in [0.05, 0.1) is 6.04 Å². The lowest BCUT2D eigenvalue weighted by molar-refractivity contribution is -0.135. The van der Waals surface area contributed by atoms with E-state index in [0.717, 1.165) is 18.8 Å². The van der Waals surface area contributed by atoms with Crippen LogP contribution in [0.2, 0.25) is 0 Å². The molecule has 1 saturated heterocycles. The molecule has 2 aromatic carbocycles.